The van der Waals surface area contributed by atoms with Crippen molar-refractivity contribution >= 4 is 17.7 Å². The van der Waals surface area contributed by atoms with Crippen molar-refractivity contribution in [1.82, 2.24) is 4.90 Å². The monoisotopic (exact) mass is 334 g/mol. The Bertz CT molecular complexity index is 649. The highest BCUT2D eigenvalue weighted by atomic mass is 16.6. The van der Waals surface area contributed by atoms with Crippen molar-refractivity contribution in [3.05, 3.63) is 23.3 Å². The van der Waals surface area contributed by atoms with Gasteiger partial charge in [0.2, 0.25) is 5.91 Å². The number of anilines is 1. The molecular weight excluding hydrogens is 308 g/mol. The Labute approximate surface area is 142 Å². The fraction of sp³-hybridized carbons (Fsp3) is 0.556. The molecule has 6 heteroatoms. The number of carbonyl (C=O) groups excluding carboxylic acids is 2. The predicted molar refractivity (Wildman–Crippen MR) is 92.2 cm³/mol. The normalized spacial score (nSPS) is 17.7. The summed E-state index contributed by atoms with van der Waals surface area (Å²) >= 11 is 0. The van der Waals surface area contributed by atoms with E-state index in [4.69, 9.17) is 4.74 Å². The van der Waals surface area contributed by atoms with E-state index in [1.807, 2.05) is 0 Å². The van der Waals surface area contributed by atoms with E-state index < -0.39 is 17.7 Å². The van der Waals surface area contributed by atoms with Gasteiger partial charge >= 0.3 is 6.09 Å². The molecule has 1 aliphatic heterocycles. The Balaban J connectivity index is 2.11. The first kappa shape index (κ1) is 18.1. The maximum Gasteiger partial charge on any atom is 0.410 e. The molecule has 0 bridgehead atoms. The summed E-state index contributed by atoms with van der Waals surface area (Å²) in [6, 6.07) is 2.95. The van der Waals surface area contributed by atoms with Crippen LogP contribution in [0.2, 0.25) is 0 Å². The first-order chi connectivity index (χ1) is 11.1. The number of aryl methyl sites for hydroxylation is 1. The number of carbonyl (C=O) groups is 2. The molecule has 0 spiro atoms. The zero-order valence-electron chi connectivity index (χ0n) is 15.0. The van der Waals surface area contributed by atoms with Gasteiger partial charge in [-0.1, -0.05) is 6.07 Å². The van der Waals surface area contributed by atoms with E-state index in [2.05, 4.69) is 5.32 Å². The second-order valence-corrected chi connectivity index (χ2v) is 7.22. The average Bonchev–Trinajstić information content (AvgIpc) is 2.96. The Morgan fingerprint density at radius 2 is 1.96 bits per heavy atom. The summed E-state index contributed by atoms with van der Waals surface area (Å²) < 4.78 is 5.38. The van der Waals surface area contributed by atoms with E-state index in [9.17, 15) is 14.7 Å². The smallest absolute Gasteiger partial charge is 0.410 e. The molecule has 1 atom stereocenters. The Morgan fingerprint density at radius 3 is 2.58 bits per heavy atom. The van der Waals surface area contributed by atoms with Crippen LogP contribution in [0.1, 0.15) is 44.7 Å². The van der Waals surface area contributed by atoms with Gasteiger partial charge in [-0.15, -0.1) is 0 Å². The van der Waals surface area contributed by atoms with Crippen molar-refractivity contribution in [3.63, 3.8) is 0 Å². The molecule has 0 radical (unpaired) electrons. The maximum absolute atomic E-state index is 12.6. The van der Waals surface area contributed by atoms with Gasteiger partial charge in [0.1, 0.15) is 17.4 Å². The van der Waals surface area contributed by atoms with E-state index in [1.165, 1.54) is 4.90 Å². The van der Waals surface area contributed by atoms with Crippen molar-refractivity contribution < 1.29 is 19.4 Å². The summed E-state index contributed by atoms with van der Waals surface area (Å²) in [6.45, 7) is 9.45. The van der Waals surface area contributed by atoms with Crippen molar-refractivity contribution in [3.8, 4) is 5.75 Å². The van der Waals surface area contributed by atoms with Gasteiger partial charge in [0.15, 0.2) is 0 Å². The van der Waals surface area contributed by atoms with E-state index in [0.29, 0.717) is 24.2 Å². The molecule has 1 saturated heterocycles. The molecule has 24 heavy (non-hydrogen) atoms. The number of hydrogen-bond acceptors (Lipinski definition) is 4. The lowest BCUT2D eigenvalue weighted by Gasteiger charge is -2.28. The van der Waals surface area contributed by atoms with E-state index in [-0.39, 0.29) is 11.7 Å². The first-order valence-corrected chi connectivity index (χ1v) is 8.20. The highest BCUT2D eigenvalue weighted by Crippen LogP contribution is 2.29. The van der Waals surface area contributed by atoms with Crippen LogP contribution in [0.15, 0.2) is 12.1 Å². The summed E-state index contributed by atoms with van der Waals surface area (Å²) in [7, 11) is 0. The molecule has 0 unspecified atom stereocenters. The lowest BCUT2D eigenvalue weighted by atomic mass is 10.1. The Kier molecular flexibility index (Phi) is 5.06. The van der Waals surface area contributed by atoms with Crippen molar-refractivity contribution in [2.45, 2.75) is 59.1 Å². The van der Waals surface area contributed by atoms with E-state index in [1.54, 1.807) is 46.8 Å². The Morgan fingerprint density at radius 1 is 1.29 bits per heavy atom. The summed E-state index contributed by atoms with van der Waals surface area (Å²) in [4.78, 5) is 26.4. The lowest BCUT2D eigenvalue weighted by Crippen LogP contribution is -2.45. The minimum Gasteiger partial charge on any atom is -0.507 e. The number of nitrogens with one attached hydrogen (secondary N) is 1. The second kappa shape index (κ2) is 6.71. The van der Waals surface area contributed by atoms with Crippen LogP contribution in [0.4, 0.5) is 10.5 Å². The molecule has 0 saturated carbocycles. The summed E-state index contributed by atoms with van der Waals surface area (Å²) in [5.74, 6) is -0.0899. The predicted octanol–water partition coefficient (Wildman–Crippen LogP) is 3.35. The molecule has 1 heterocycles. The number of phenols is 1. The number of nitrogens with zero attached hydrogens (tertiary/aromatic N) is 1. The van der Waals surface area contributed by atoms with Gasteiger partial charge in [0, 0.05) is 17.8 Å². The van der Waals surface area contributed by atoms with Crippen LogP contribution in [-0.2, 0) is 9.53 Å². The fourth-order valence-electron chi connectivity index (χ4n) is 2.77. The number of hydrogen-bond donors (Lipinski definition) is 2. The van der Waals surface area contributed by atoms with Crippen LogP contribution >= 0.6 is 0 Å². The molecule has 2 N–H and O–H groups in total. The highest BCUT2D eigenvalue weighted by Gasteiger charge is 2.36. The molecule has 132 valence electrons. The zero-order chi connectivity index (χ0) is 18.1. The number of aromatic hydroxyl groups is 1. The summed E-state index contributed by atoms with van der Waals surface area (Å²) in [5.41, 5.74) is 1.33. The average molecular weight is 334 g/mol. The van der Waals surface area contributed by atoms with Gasteiger partial charge in [0.25, 0.3) is 0 Å². The molecular formula is C18H26N2O4. The zero-order valence-corrected chi connectivity index (χ0v) is 15.0. The molecule has 2 rings (SSSR count). The summed E-state index contributed by atoms with van der Waals surface area (Å²) in [5, 5.41) is 12.8. The van der Waals surface area contributed by atoms with Crippen LogP contribution in [0.5, 0.6) is 5.75 Å². The van der Waals surface area contributed by atoms with E-state index in [0.717, 1.165) is 12.0 Å². The lowest BCUT2D eigenvalue weighted by molar-refractivity contribution is -0.120. The SMILES string of the molecule is Cc1ccc(NC(=O)[C@@H]2CCCN2C(=O)OC(C)(C)C)c(C)c1O. The molecule has 2 amide bonds. The van der Waals surface area contributed by atoms with Crippen LogP contribution in [-0.4, -0.2) is 40.2 Å². The third-order valence-corrected chi connectivity index (χ3v) is 4.07. The largest absolute Gasteiger partial charge is 0.507 e. The molecule has 6 nitrogen and oxygen atoms in total. The van der Waals surface area contributed by atoms with E-state index >= 15 is 0 Å². The number of amides is 2. The van der Waals surface area contributed by atoms with Crippen LogP contribution in [0.25, 0.3) is 0 Å². The quantitative estimate of drug-likeness (QED) is 0.869. The topological polar surface area (TPSA) is 78.9 Å². The standard InChI is InChI=1S/C18H26N2O4/c1-11-8-9-13(12(2)15(11)21)19-16(22)14-7-6-10-20(14)17(23)24-18(3,4)5/h8-9,14,21H,6-7,10H2,1-5H3,(H,19,22)/t14-/m0/s1. The van der Waals surface area contributed by atoms with Crippen LogP contribution in [0, 0.1) is 13.8 Å². The molecule has 1 fully saturated rings. The molecule has 0 aliphatic carbocycles. The number of ether oxygens (including phenoxy) is 1. The molecule has 1 aliphatic rings. The second-order valence-electron chi connectivity index (χ2n) is 7.22. The van der Waals surface area contributed by atoms with Crippen LogP contribution < -0.4 is 5.32 Å². The molecule has 1 aromatic carbocycles. The third kappa shape index (κ3) is 3.99. The van der Waals surface area contributed by atoms with Crippen molar-refractivity contribution in [2.75, 3.05) is 11.9 Å². The van der Waals surface area contributed by atoms with Crippen molar-refractivity contribution in [1.29, 1.82) is 0 Å². The van der Waals surface area contributed by atoms with Gasteiger partial charge in [-0.2, -0.15) is 0 Å². The number of benzene rings is 1. The fourth-order valence-corrected chi connectivity index (χ4v) is 2.77. The highest BCUT2D eigenvalue weighted by molar-refractivity contribution is 5.97. The third-order valence-electron chi connectivity index (χ3n) is 4.07. The van der Waals surface area contributed by atoms with Crippen molar-refractivity contribution in [2.24, 2.45) is 0 Å². The maximum atomic E-state index is 12.6. The first-order valence-electron chi connectivity index (χ1n) is 8.20. The molecule has 0 aromatic heterocycles. The van der Waals surface area contributed by atoms with Gasteiger partial charge in [-0.3, -0.25) is 9.69 Å². The van der Waals surface area contributed by atoms with Gasteiger partial charge in [-0.25, -0.2) is 4.79 Å². The van der Waals surface area contributed by atoms with Gasteiger partial charge < -0.3 is 15.2 Å². The van der Waals surface area contributed by atoms with Gasteiger partial charge in [0.05, 0.1) is 0 Å². The van der Waals surface area contributed by atoms with Crippen LogP contribution in [0.3, 0.4) is 0 Å². The Hall–Kier alpha value is -2.24. The van der Waals surface area contributed by atoms with Gasteiger partial charge in [-0.05, 0) is 59.1 Å². The summed E-state index contributed by atoms with van der Waals surface area (Å²) in [6.07, 6.45) is 0.890. The minimum atomic E-state index is -0.597. The number of rotatable bonds is 2. The minimum absolute atomic E-state index is 0.170. The molecule has 1 aromatic rings. The number of likely N-dealkylation sites (tertiary alicyclic amines) is 1. The number of phenolic OH excluding ortho intramolecular Hbond substituents is 1.